The van der Waals surface area contributed by atoms with E-state index in [9.17, 15) is 0 Å². The zero-order chi connectivity index (χ0) is 21.3. The van der Waals surface area contributed by atoms with E-state index in [0.29, 0.717) is 5.88 Å². The lowest BCUT2D eigenvalue weighted by molar-refractivity contribution is 0.334. The predicted molar refractivity (Wildman–Crippen MR) is 124 cm³/mol. The summed E-state index contributed by atoms with van der Waals surface area (Å²) in [5.41, 5.74) is 0.108. The summed E-state index contributed by atoms with van der Waals surface area (Å²) >= 11 is 5.71. The van der Waals surface area contributed by atoms with E-state index in [0.717, 1.165) is 12.5 Å². The van der Waals surface area contributed by atoms with Crippen molar-refractivity contribution < 1.29 is 0 Å². The van der Waals surface area contributed by atoms with Crippen molar-refractivity contribution in [2.24, 2.45) is 5.92 Å². The zero-order valence-electron chi connectivity index (χ0n) is 20.4. The highest BCUT2D eigenvalue weighted by Gasteiger charge is 2.13. The Kier molecular flexibility index (Phi) is 46.2. The fourth-order valence-corrected chi connectivity index (χ4v) is 1.50. The van der Waals surface area contributed by atoms with Gasteiger partial charge in [-0.05, 0) is 46.8 Å². The van der Waals surface area contributed by atoms with Gasteiger partial charge in [-0.3, -0.25) is 0 Å². The molecule has 2 nitrogen and oxygen atoms in total. The third kappa shape index (κ3) is 51.6. The molecular formula is C22H55ClN2. The SMILES string of the molecule is CC.CC.CCC.CCC(C)CN(C)C.CCCCNC(C)(C)CCl. The minimum absolute atomic E-state index is 0.108. The van der Waals surface area contributed by atoms with Crippen molar-refractivity contribution in [3.8, 4) is 0 Å². The average Bonchev–Trinajstić information content (AvgIpc) is 2.59. The highest BCUT2D eigenvalue weighted by atomic mass is 35.5. The maximum Gasteiger partial charge on any atom is 0.0400 e. The number of nitrogens with zero attached hydrogens (tertiary/aromatic N) is 1. The van der Waals surface area contributed by atoms with E-state index in [1.165, 1.54) is 32.2 Å². The fraction of sp³-hybridized carbons (Fsp3) is 1.00. The third-order valence-electron chi connectivity index (χ3n) is 2.84. The Labute approximate surface area is 168 Å². The Morgan fingerprint density at radius 1 is 0.960 bits per heavy atom. The standard InChI is InChI=1S/C8H18ClN.C7H17N.C3H8.2C2H6/c1-4-5-6-10-8(2,3)7-9;1-5-7(2)6-8(3)4;1-3-2;2*1-2/h10H,4-7H2,1-3H3;7H,5-6H2,1-4H3;3H2,1-2H3;2*1-2H3. The molecule has 1 unspecified atom stereocenters. The molecule has 0 aliphatic rings. The van der Waals surface area contributed by atoms with Gasteiger partial charge in [-0.1, -0.05) is 81.6 Å². The summed E-state index contributed by atoms with van der Waals surface area (Å²) in [5, 5.41) is 3.38. The van der Waals surface area contributed by atoms with Gasteiger partial charge in [0.15, 0.2) is 0 Å². The minimum atomic E-state index is 0.108. The van der Waals surface area contributed by atoms with E-state index in [1.54, 1.807) is 0 Å². The molecule has 0 amide bonds. The summed E-state index contributed by atoms with van der Waals surface area (Å²) in [6.45, 7) is 25.5. The van der Waals surface area contributed by atoms with E-state index in [2.05, 4.69) is 72.8 Å². The number of halogens is 1. The van der Waals surface area contributed by atoms with Crippen molar-refractivity contribution in [2.75, 3.05) is 33.1 Å². The molecule has 25 heavy (non-hydrogen) atoms. The van der Waals surface area contributed by atoms with Crippen molar-refractivity contribution in [2.45, 2.75) is 107 Å². The molecule has 0 aromatic rings. The molecule has 0 aromatic heterocycles. The van der Waals surface area contributed by atoms with Crippen LogP contribution < -0.4 is 5.32 Å². The topological polar surface area (TPSA) is 15.3 Å². The van der Waals surface area contributed by atoms with Gasteiger partial charge in [-0.2, -0.15) is 0 Å². The van der Waals surface area contributed by atoms with Crippen LogP contribution in [0.25, 0.3) is 0 Å². The molecule has 0 rings (SSSR count). The lowest BCUT2D eigenvalue weighted by atomic mass is 10.1. The Hall–Kier alpha value is 0.210. The van der Waals surface area contributed by atoms with Crippen LogP contribution in [0, 0.1) is 5.92 Å². The van der Waals surface area contributed by atoms with Crippen LogP contribution >= 0.6 is 11.6 Å². The van der Waals surface area contributed by atoms with Crippen LogP contribution in [0.4, 0.5) is 0 Å². The first-order valence-corrected chi connectivity index (χ1v) is 11.2. The van der Waals surface area contributed by atoms with E-state index in [4.69, 9.17) is 11.6 Å². The lowest BCUT2D eigenvalue weighted by Gasteiger charge is -2.22. The van der Waals surface area contributed by atoms with Crippen LogP contribution in [0.1, 0.15) is 102 Å². The minimum Gasteiger partial charge on any atom is -0.311 e. The highest BCUT2D eigenvalue weighted by Crippen LogP contribution is 2.04. The maximum atomic E-state index is 5.71. The molecule has 1 N–H and O–H groups in total. The Morgan fingerprint density at radius 3 is 1.56 bits per heavy atom. The summed E-state index contributed by atoms with van der Waals surface area (Å²) in [5.74, 6) is 1.53. The van der Waals surface area contributed by atoms with Gasteiger partial charge in [-0.15, -0.1) is 11.6 Å². The van der Waals surface area contributed by atoms with Gasteiger partial charge in [0, 0.05) is 18.0 Å². The second kappa shape index (κ2) is 31.9. The second-order valence-corrected chi connectivity index (χ2v) is 7.05. The van der Waals surface area contributed by atoms with Crippen molar-refractivity contribution in [3.63, 3.8) is 0 Å². The van der Waals surface area contributed by atoms with E-state index < -0.39 is 0 Å². The van der Waals surface area contributed by atoms with Crippen LogP contribution in [0.15, 0.2) is 0 Å². The van der Waals surface area contributed by atoms with Crippen LogP contribution in [-0.2, 0) is 0 Å². The summed E-state index contributed by atoms with van der Waals surface area (Å²) in [4.78, 5) is 2.23. The normalized spacial score (nSPS) is 10.7. The van der Waals surface area contributed by atoms with Gasteiger partial charge in [0.2, 0.25) is 0 Å². The summed E-state index contributed by atoms with van der Waals surface area (Å²) in [7, 11) is 4.23. The van der Waals surface area contributed by atoms with Crippen molar-refractivity contribution in [1.82, 2.24) is 10.2 Å². The first-order chi connectivity index (χ1) is 11.7. The molecule has 0 radical (unpaired) electrons. The maximum absolute atomic E-state index is 5.71. The molecule has 0 aromatic carbocycles. The molecule has 1 atom stereocenters. The smallest absolute Gasteiger partial charge is 0.0400 e. The van der Waals surface area contributed by atoms with E-state index >= 15 is 0 Å². The summed E-state index contributed by atoms with van der Waals surface area (Å²) in [6, 6.07) is 0. The summed E-state index contributed by atoms with van der Waals surface area (Å²) < 4.78 is 0. The van der Waals surface area contributed by atoms with Crippen molar-refractivity contribution in [3.05, 3.63) is 0 Å². The molecule has 0 bridgehead atoms. The zero-order valence-corrected chi connectivity index (χ0v) is 21.1. The van der Waals surface area contributed by atoms with Crippen LogP contribution in [0.5, 0.6) is 0 Å². The molecule has 0 aliphatic carbocycles. The highest BCUT2D eigenvalue weighted by molar-refractivity contribution is 6.18. The van der Waals surface area contributed by atoms with Gasteiger partial charge in [0.25, 0.3) is 0 Å². The molecule has 0 aliphatic heterocycles. The lowest BCUT2D eigenvalue weighted by Crippen LogP contribution is -2.41. The van der Waals surface area contributed by atoms with Gasteiger partial charge in [-0.25, -0.2) is 0 Å². The number of nitrogens with one attached hydrogen (secondary N) is 1. The Bertz CT molecular complexity index is 183. The molecule has 160 valence electrons. The number of unbranched alkanes of at least 4 members (excludes halogenated alkanes) is 1. The molecule has 0 fully saturated rings. The van der Waals surface area contributed by atoms with Gasteiger partial charge in [0.05, 0.1) is 0 Å². The molecule has 0 saturated heterocycles. The molecule has 0 saturated carbocycles. The van der Waals surface area contributed by atoms with Crippen LogP contribution in [-0.4, -0.2) is 43.5 Å². The number of hydrogen-bond acceptors (Lipinski definition) is 2. The number of hydrogen-bond donors (Lipinski definition) is 1. The predicted octanol–water partition coefficient (Wildman–Crippen LogP) is 7.46. The fourth-order valence-electron chi connectivity index (χ4n) is 1.40. The number of alkyl halides is 1. The average molecular weight is 383 g/mol. The Balaban J connectivity index is -0.0000000793. The molecule has 0 spiro atoms. The Morgan fingerprint density at radius 2 is 1.36 bits per heavy atom. The van der Waals surface area contributed by atoms with Crippen LogP contribution in [0.3, 0.4) is 0 Å². The largest absolute Gasteiger partial charge is 0.311 e. The number of rotatable bonds is 8. The van der Waals surface area contributed by atoms with Gasteiger partial charge >= 0.3 is 0 Å². The van der Waals surface area contributed by atoms with Gasteiger partial charge < -0.3 is 10.2 Å². The van der Waals surface area contributed by atoms with E-state index in [-0.39, 0.29) is 5.54 Å². The molecule has 3 heteroatoms. The first-order valence-electron chi connectivity index (χ1n) is 10.7. The second-order valence-electron chi connectivity index (χ2n) is 6.78. The third-order valence-corrected chi connectivity index (χ3v) is 3.51. The van der Waals surface area contributed by atoms with Gasteiger partial charge in [0.1, 0.15) is 0 Å². The molecule has 0 heterocycles. The molecular weight excluding hydrogens is 328 g/mol. The van der Waals surface area contributed by atoms with Crippen molar-refractivity contribution in [1.29, 1.82) is 0 Å². The van der Waals surface area contributed by atoms with E-state index in [1.807, 2.05) is 27.7 Å². The monoisotopic (exact) mass is 382 g/mol. The van der Waals surface area contributed by atoms with Crippen LogP contribution in [0.2, 0.25) is 0 Å². The first kappa shape index (κ1) is 36.2. The van der Waals surface area contributed by atoms with Crippen molar-refractivity contribution >= 4 is 11.6 Å². The quantitative estimate of drug-likeness (QED) is 0.346. The summed E-state index contributed by atoms with van der Waals surface area (Å²) in [6.07, 6.45) is 5.02.